The maximum atomic E-state index is 6.43. The summed E-state index contributed by atoms with van der Waals surface area (Å²) in [4.78, 5) is 14.7. The average Bonchev–Trinajstić information content (AvgIpc) is 3.70. The number of fused-ring (bicyclic) bond motifs is 3. The SMILES string of the molecule is CC(C)c1cc(-c2[c-]ccc(-c3ccccc3)c2)ncc1[Si](C)(C)C.Cc1cc(C)c(-c2ccnc(-c3[c-]cc4oc5cc(-c6ccccc6)nc(Cc6ccccc6)c5c4c3)c2)c(C)c1.[Ir]. The van der Waals surface area contributed by atoms with E-state index < -0.39 is 8.07 Å². The van der Waals surface area contributed by atoms with Crippen LogP contribution in [0, 0.1) is 32.9 Å². The summed E-state index contributed by atoms with van der Waals surface area (Å²) < 4.78 is 6.43. The second-order valence-corrected chi connectivity index (χ2v) is 23.7. The molecule has 0 N–H and O–H groups in total. The van der Waals surface area contributed by atoms with Crippen molar-refractivity contribution >= 4 is 35.2 Å². The summed E-state index contributed by atoms with van der Waals surface area (Å²) in [6.07, 6.45) is 4.71. The van der Waals surface area contributed by atoms with Crippen LogP contribution in [0.1, 0.15) is 53.3 Å². The van der Waals surface area contributed by atoms with Gasteiger partial charge in [-0.1, -0.05) is 165 Å². The van der Waals surface area contributed by atoms with Crippen LogP contribution < -0.4 is 5.19 Å². The summed E-state index contributed by atoms with van der Waals surface area (Å²) >= 11 is 0. The molecule has 0 amide bonds. The van der Waals surface area contributed by atoms with Gasteiger partial charge in [-0.3, -0.25) is 4.98 Å². The van der Waals surface area contributed by atoms with E-state index in [-0.39, 0.29) is 20.1 Å². The molecule has 335 valence electrons. The van der Waals surface area contributed by atoms with Gasteiger partial charge in [0.05, 0.1) is 25.0 Å². The topological polar surface area (TPSA) is 51.8 Å². The van der Waals surface area contributed by atoms with E-state index in [4.69, 9.17) is 19.4 Å². The largest absolute Gasteiger partial charge is 0.500 e. The molecule has 6 heteroatoms. The molecule has 0 atom stereocenters. The minimum absolute atomic E-state index is 0. The predicted octanol–water partition coefficient (Wildman–Crippen LogP) is 15.6. The van der Waals surface area contributed by atoms with E-state index in [0.29, 0.717) is 12.3 Å². The zero-order chi connectivity index (χ0) is 46.0. The molecular weight excluding hydrogens is 1010 g/mol. The molecule has 0 spiro atoms. The first-order chi connectivity index (χ1) is 31.9. The third-order valence-electron chi connectivity index (χ3n) is 12.3. The van der Waals surface area contributed by atoms with Crippen molar-refractivity contribution in [2.45, 2.75) is 66.6 Å². The fourth-order valence-electron chi connectivity index (χ4n) is 9.15. The molecule has 0 aliphatic rings. The van der Waals surface area contributed by atoms with Gasteiger partial charge in [-0.25, -0.2) is 0 Å². The maximum Gasteiger partial charge on any atom is 0.124 e. The smallest absolute Gasteiger partial charge is 0.124 e. The molecule has 1 radical (unpaired) electrons. The molecule has 0 aliphatic heterocycles. The molecule has 0 saturated heterocycles. The number of furan rings is 1. The molecule has 0 fully saturated rings. The second-order valence-electron chi connectivity index (χ2n) is 18.7. The molecule has 67 heavy (non-hydrogen) atoms. The zero-order valence-corrected chi connectivity index (χ0v) is 42.9. The Labute approximate surface area is 410 Å². The number of rotatable bonds is 9. The summed E-state index contributed by atoms with van der Waals surface area (Å²) in [6.45, 7) is 18.2. The Balaban J connectivity index is 0.000000201. The molecule has 0 unspecified atom stereocenters. The van der Waals surface area contributed by atoms with E-state index in [0.717, 1.165) is 67.0 Å². The Morgan fingerprint density at radius 3 is 1.91 bits per heavy atom. The minimum atomic E-state index is -1.40. The monoisotopic (exact) mass is 1070 g/mol. The van der Waals surface area contributed by atoms with Crippen molar-refractivity contribution in [3.05, 3.63) is 216 Å². The predicted molar refractivity (Wildman–Crippen MR) is 279 cm³/mol. The summed E-state index contributed by atoms with van der Waals surface area (Å²) in [5.74, 6) is 0.501. The number of benzene rings is 6. The number of aromatic nitrogens is 3. The second kappa shape index (κ2) is 20.1. The van der Waals surface area contributed by atoms with Gasteiger partial charge < -0.3 is 14.4 Å². The molecule has 0 bridgehead atoms. The Hall–Kier alpha value is -6.56. The number of nitrogens with zero attached hydrogens (tertiary/aromatic N) is 3. The Bertz CT molecular complexity index is 3300. The van der Waals surface area contributed by atoms with Gasteiger partial charge in [-0.15, -0.1) is 59.2 Å². The van der Waals surface area contributed by atoms with Gasteiger partial charge >= 0.3 is 0 Å². The van der Waals surface area contributed by atoms with E-state index in [2.05, 4.69) is 188 Å². The van der Waals surface area contributed by atoms with E-state index in [9.17, 15) is 0 Å². The van der Waals surface area contributed by atoms with Gasteiger partial charge in [0.15, 0.2) is 0 Å². The van der Waals surface area contributed by atoms with Gasteiger partial charge in [-0.05, 0) is 82.7 Å². The molecule has 4 nitrogen and oxygen atoms in total. The average molecular weight is 1070 g/mol. The molecule has 0 saturated carbocycles. The Kier molecular flexibility index (Phi) is 14.1. The maximum absolute atomic E-state index is 6.43. The van der Waals surface area contributed by atoms with Crippen LogP contribution in [0.15, 0.2) is 175 Å². The molecule has 4 heterocycles. The Morgan fingerprint density at radius 1 is 0.597 bits per heavy atom. The van der Waals surface area contributed by atoms with Crippen LogP contribution in [0.5, 0.6) is 0 Å². The summed E-state index contributed by atoms with van der Waals surface area (Å²) in [6, 6.07) is 61.5. The first-order valence-corrected chi connectivity index (χ1v) is 26.4. The standard InChI is InChI=1S/C38H29N2O.C23H26NSi.Ir/c1-24-18-25(2)37(26(3)19-24)30-16-17-39-32(22-30)29-14-15-35-31(21-29)38-34(20-27-10-6-4-7-11-27)40-33(23-36(38)41-35)28-12-8-5-9-13-28;1-17(2)21-15-22(24-16-23(21)25(3,4)5)20-13-9-12-19(14-20)18-10-7-6-8-11-18;/h4-13,15-19,21-23H,20H2,1-3H3;6-12,14-17H,1-5H3;/q2*-1;. The number of pyridine rings is 3. The van der Waals surface area contributed by atoms with Crippen molar-refractivity contribution in [3.63, 3.8) is 0 Å². The van der Waals surface area contributed by atoms with Crippen molar-refractivity contribution in [2.24, 2.45) is 0 Å². The van der Waals surface area contributed by atoms with Crippen molar-refractivity contribution in [3.8, 4) is 56.0 Å². The number of hydrogen-bond acceptors (Lipinski definition) is 4. The van der Waals surface area contributed by atoms with E-state index in [1.807, 2.05) is 48.7 Å². The zero-order valence-electron chi connectivity index (χ0n) is 39.5. The van der Waals surface area contributed by atoms with Crippen LogP contribution in [-0.2, 0) is 26.5 Å². The quantitative estimate of drug-likeness (QED) is 0.107. The van der Waals surface area contributed by atoms with Gasteiger partial charge in [0.25, 0.3) is 0 Å². The molecule has 4 aromatic heterocycles. The third kappa shape index (κ3) is 10.4. The number of aryl methyl sites for hydroxylation is 3. The van der Waals surface area contributed by atoms with Gasteiger partial charge in [0, 0.05) is 55.9 Å². The summed E-state index contributed by atoms with van der Waals surface area (Å²) in [5, 5.41) is 3.53. The fourth-order valence-corrected chi connectivity index (χ4v) is 10.8. The van der Waals surface area contributed by atoms with Crippen molar-refractivity contribution < 1.29 is 24.5 Å². The Morgan fingerprint density at radius 2 is 1.24 bits per heavy atom. The van der Waals surface area contributed by atoms with Gasteiger partial charge in [-0.2, -0.15) is 0 Å². The first-order valence-electron chi connectivity index (χ1n) is 22.9. The summed E-state index contributed by atoms with van der Waals surface area (Å²) in [7, 11) is -1.40. The van der Waals surface area contributed by atoms with Crippen LogP contribution >= 0.6 is 0 Å². The molecular formula is C61H55IrN3OSi-2. The van der Waals surface area contributed by atoms with Crippen LogP contribution in [0.4, 0.5) is 0 Å². The van der Waals surface area contributed by atoms with Crippen LogP contribution in [0.25, 0.3) is 78.0 Å². The summed E-state index contributed by atoms with van der Waals surface area (Å²) in [5.41, 5.74) is 19.8. The molecule has 6 aromatic carbocycles. The first kappa shape index (κ1) is 46.9. The van der Waals surface area contributed by atoms with Crippen molar-refractivity contribution in [1.82, 2.24) is 15.0 Å². The van der Waals surface area contributed by atoms with Gasteiger partial charge in [0.2, 0.25) is 0 Å². The molecule has 0 aliphatic carbocycles. The minimum Gasteiger partial charge on any atom is -0.500 e. The van der Waals surface area contributed by atoms with E-state index in [1.165, 1.54) is 49.7 Å². The molecule has 10 aromatic rings. The van der Waals surface area contributed by atoms with Crippen LogP contribution in [-0.4, -0.2) is 23.0 Å². The van der Waals surface area contributed by atoms with E-state index in [1.54, 1.807) is 0 Å². The van der Waals surface area contributed by atoms with Gasteiger partial charge in [0.1, 0.15) is 5.58 Å². The molecule has 10 rings (SSSR count). The van der Waals surface area contributed by atoms with Crippen molar-refractivity contribution in [1.29, 1.82) is 0 Å². The van der Waals surface area contributed by atoms with E-state index >= 15 is 0 Å². The van der Waals surface area contributed by atoms with Crippen molar-refractivity contribution in [2.75, 3.05) is 0 Å². The number of hydrogen-bond donors (Lipinski definition) is 0. The van der Waals surface area contributed by atoms with Crippen LogP contribution in [0.2, 0.25) is 19.6 Å². The third-order valence-corrected chi connectivity index (χ3v) is 14.3. The van der Waals surface area contributed by atoms with Crippen LogP contribution in [0.3, 0.4) is 0 Å². The fraction of sp³-hybridized carbons (Fsp3) is 0.164. The normalized spacial score (nSPS) is 11.4.